The topological polar surface area (TPSA) is 21.3 Å². The van der Waals surface area contributed by atoms with Gasteiger partial charge in [-0.2, -0.15) is 0 Å². The highest BCUT2D eigenvalue weighted by molar-refractivity contribution is 6.18. The summed E-state index contributed by atoms with van der Waals surface area (Å²) in [6.07, 6.45) is 0. The molecule has 0 amide bonds. The lowest BCUT2D eigenvalue weighted by Crippen LogP contribution is -2.11. The van der Waals surface area contributed by atoms with E-state index in [0.717, 1.165) is 44.7 Å². The third kappa shape index (κ3) is 4.86. The van der Waals surface area contributed by atoms with Crippen LogP contribution in [0.3, 0.4) is 0 Å². The number of aromatic nitrogens is 1. The molecule has 0 aliphatic heterocycles. The fraction of sp³-hybridized carbons (Fsp3) is 0. The maximum absolute atomic E-state index is 6.33. The monoisotopic (exact) mass is 726 g/mol. The van der Waals surface area contributed by atoms with Crippen molar-refractivity contribution in [2.45, 2.75) is 0 Å². The SMILES string of the molecule is c1ccc(-n2c3ccccc3c3cc(-c4ccc(N(c5ccc6oc7ccccc7c6c5)c5cc6ccccc6c6ccccc56)c5ccccc45)ccc32)cc1. The third-order valence-electron chi connectivity index (χ3n) is 11.7. The van der Waals surface area contributed by atoms with Crippen molar-refractivity contribution < 1.29 is 4.42 Å². The van der Waals surface area contributed by atoms with E-state index >= 15 is 0 Å². The van der Waals surface area contributed by atoms with Crippen LogP contribution in [0.25, 0.3) is 92.9 Å². The van der Waals surface area contributed by atoms with Crippen LogP contribution in [-0.4, -0.2) is 4.57 Å². The molecule has 0 aliphatic rings. The van der Waals surface area contributed by atoms with Gasteiger partial charge in [-0.15, -0.1) is 0 Å². The smallest absolute Gasteiger partial charge is 0.135 e. The summed E-state index contributed by atoms with van der Waals surface area (Å²) >= 11 is 0. The molecule has 10 aromatic carbocycles. The molecule has 0 aliphatic carbocycles. The van der Waals surface area contributed by atoms with Crippen LogP contribution in [-0.2, 0) is 0 Å². The molecule has 0 radical (unpaired) electrons. The van der Waals surface area contributed by atoms with E-state index in [9.17, 15) is 0 Å². The van der Waals surface area contributed by atoms with E-state index in [1.165, 1.54) is 65.3 Å². The van der Waals surface area contributed by atoms with Gasteiger partial charge in [0.2, 0.25) is 0 Å². The van der Waals surface area contributed by atoms with E-state index in [0.29, 0.717) is 0 Å². The summed E-state index contributed by atoms with van der Waals surface area (Å²) in [5.41, 5.74) is 11.0. The molecular formula is C54H34N2O. The molecule has 0 saturated heterocycles. The number of hydrogen-bond acceptors (Lipinski definition) is 2. The minimum atomic E-state index is 0.882. The first-order valence-electron chi connectivity index (χ1n) is 19.5. The van der Waals surface area contributed by atoms with E-state index in [-0.39, 0.29) is 0 Å². The fourth-order valence-electron chi connectivity index (χ4n) is 9.21. The van der Waals surface area contributed by atoms with Crippen LogP contribution in [0.1, 0.15) is 0 Å². The molecule has 2 heterocycles. The zero-order valence-electron chi connectivity index (χ0n) is 30.9. The Hall–Kier alpha value is -7.62. The van der Waals surface area contributed by atoms with Crippen molar-refractivity contribution in [3.63, 3.8) is 0 Å². The first kappa shape index (κ1) is 31.7. The number of furan rings is 1. The van der Waals surface area contributed by atoms with Crippen LogP contribution in [0.5, 0.6) is 0 Å². The fourth-order valence-corrected chi connectivity index (χ4v) is 9.21. The Labute approximate surface area is 328 Å². The number of rotatable bonds is 5. The van der Waals surface area contributed by atoms with Gasteiger partial charge in [-0.3, -0.25) is 0 Å². The normalized spacial score (nSPS) is 11.9. The predicted molar refractivity (Wildman–Crippen MR) is 241 cm³/mol. The molecule has 12 rings (SSSR count). The minimum Gasteiger partial charge on any atom is -0.456 e. The van der Waals surface area contributed by atoms with Crippen LogP contribution in [0, 0.1) is 0 Å². The molecule has 0 spiro atoms. The van der Waals surface area contributed by atoms with Gasteiger partial charge in [0, 0.05) is 43.7 Å². The summed E-state index contributed by atoms with van der Waals surface area (Å²) in [6, 6.07) is 74.7. The van der Waals surface area contributed by atoms with E-state index in [2.05, 4.69) is 204 Å². The summed E-state index contributed by atoms with van der Waals surface area (Å²) < 4.78 is 8.70. The molecule has 3 heteroatoms. The number of para-hydroxylation sites is 3. The molecule has 266 valence electrons. The minimum absolute atomic E-state index is 0.882. The first-order valence-corrected chi connectivity index (χ1v) is 19.5. The predicted octanol–water partition coefficient (Wildman–Crippen LogP) is 15.3. The lowest BCUT2D eigenvalue weighted by Gasteiger charge is -2.29. The number of anilines is 3. The molecule has 0 saturated carbocycles. The van der Waals surface area contributed by atoms with Gasteiger partial charge in [-0.05, 0) is 99.4 Å². The summed E-state index contributed by atoms with van der Waals surface area (Å²) in [5, 5.41) is 12.0. The summed E-state index contributed by atoms with van der Waals surface area (Å²) in [4.78, 5) is 2.46. The van der Waals surface area contributed by atoms with E-state index in [4.69, 9.17) is 4.42 Å². The zero-order valence-corrected chi connectivity index (χ0v) is 30.9. The van der Waals surface area contributed by atoms with Crippen molar-refractivity contribution in [3.8, 4) is 16.8 Å². The van der Waals surface area contributed by atoms with Crippen LogP contribution in [0.4, 0.5) is 17.1 Å². The molecular weight excluding hydrogens is 693 g/mol. The quantitative estimate of drug-likeness (QED) is 0.165. The van der Waals surface area contributed by atoms with Gasteiger partial charge in [0.25, 0.3) is 0 Å². The molecule has 0 unspecified atom stereocenters. The average molecular weight is 727 g/mol. The molecule has 2 aromatic heterocycles. The Morgan fingerprint density at radius 2 is 0.982 bits per heavy atom. The summed E-state index contributed by atoms with van der Waals surface area (Å²) in [5.74, 6) is 0. The van der Waals surface area contributed by atoms with Crippen LogP contribution in [0.2, 0.25) is 0 Å². The van der Waals surface area contributed by atoms with Crippen LogP contribution in [0.15, 0.2) is 211 Å². The Bertz CT molecular complexity index is 3540. The van der Waals surface area contributed by atoms with Gasteiger partial charge in [0.1, 0.15) is 11.2 Å². The van der Waals surface area contributed by atoms with Gasteiger partial charge in [-0.1, -0.05) is 140 Å². The molecule has 0 fully saturated rings. The van der Waals surface area contributed by atoms with Gasteiger partial charge in [-0.25, -0.2) is 0 Å². The van der Waals surface area contributed by atoms with Gasteiger partial charge in [0.15, 0.2) is 0 Å². The highest BCUT2D eigenvalue weighted by Gasteiger charge is 2.22. The lowest BCUT2D eigenvalue weighted by molar-refractivity contribution is 0.669. The van der Waals surface area contributed by atoms with Crippen molar-refractivity contribution in [1.29, 1.82) is 0 Å². The first-order chi connectivity index (χ1) is 28.3. The van der Waals surface area contributed by atoms with Crippen molar-refractivity contribution in [3.05, 3.63) is 206 Å². The second-order valence-electron chi connectivity index (χ2n) is 14.9. The highest BCUT2D eigenvalue weighted by Crippen LogP contribution is 2.47. The maximum atomic E-state index is 6.33. The number of fused-ring (bicyclic) bond motifs is 10. The van der Waals surface area contributed by atoms with E-state index < -0.39 is 0 Å². The van der Waals surface area contributed by atoms with Gasteiger partial charge >= 0.3 is 0 Å². The van der Waals surface area contributed by atoms with Crippen molar-refractivity contribution in [2.75, 3.05) is 4.90 Å². The summed E-state index contributed by atoms with van der Waals surface area (Å²) in [6.45, 7) is 0. The van der Waals surface area contributed by atoms with Gasteiger partial charge in [0.05, 0.1) is 22.4 Å². The zero-order chi connectivity index (χ0) is 37.5. The molecule has 0 N–H and O–H groups in total. The molecule has 12 aromatic rings. The third-order valence-corrected chi connectivity index (χ3v) is 11.7. The average Bonchev–Trinajstić information content (AvgIpc) is 3.82. The largest absolute Gasteiger partial charge is 0.456 e. The van der Waals surface area contributed by atoms with Crippen LogP contribution >= 0.6 is 0 Å². The Kier molecular flexibility index (Phi) is 6.93. The Morgan fingerprint density at radius 1 is 0.351 bits per heavy atom. The van der Waals surface area contributed by atoms with E-state index in [1.807, 2.05) is 12.1 Å². The van der Waals surface area contributed by atoms with Gasteiger partial charge < -0.3 is 13.9 Å². The molecule has 3 nitrogen and oxygen atoms in total. The number of hydrogen-bond donors (Lipinski definition) is 0. The standard InChI is InChI=1S/C54H34N2O/c1-2-15-37(16-3-1)55-49-24-12-10-22-45(49)47-32-36(26-29-51(47)55)40-28-30-50(43-20-8-6-19-42(40)43)56(38-27-31-54-48(34-38)46-23-11-13-25-53(46)57-54)52-33-35-14-4-5-17-39(35)41-18-7-9-21-44(41)52/h1-34H. The van der Waals surface area contributed by atoms with Crippen molar-refractivity contribution in [1.82, 2.24) is 4.57 Å². The maximum Gasteiger partial charge on any atom is 0.135 e. The molecule has 57 heavy (non-hydrogen) atoms. The second-order valence-corrected chi connectivity index (χ2v) is 14.9. The summed E-state index contributed by atoms with van der Waals surface area (Å²) in [7, 11) is 0. The lowest BCUT2D eigenvalue weighted by atomic mass is 9.94. The number of nitrogens with zero attached hydrogens (tertiary/aromatic N) is 2. The van der Waals surface area contributed by atoms with Crippen molar-refractivity contribution >= 4 is 93.1 Å². The number of benzene rings is 10. The second kappa shape index (κ2) is 12.5. The van der Waals surface area contributed by atoms with E-state index in [1.54, 1.807) is 0 Å². The van der Waals surface area contributed by atoms with Crippen molar-refractivity contribution in [2.24, 2.45) is 0 Å². The molecule has 0 bridgehead atoms. The Balaban J connectivity index is 1.11. The Morgan fingerprint density at radius 3 is 1.82 bits per heavy atom. The highest BCUT2D eigenvalue weighted by atomic mass is 16.3. The molecule has 0 atom stereocenters. The van der Waals surface area contributed by atoms with Crippen LogP contribution < -0.4 is 4.90 Å².